The number of ether oxygens (including phenoxy) is 1. The molecule has 0 saturated carbocycles. The fourth-order valence-corrected chi connectivity index (χ4v) is 8.64. The van der Waals surface area contributed by atoms with Crippen LogP contribution in [0.4, 0.5) is 0 Å². The van der Waals surface area contributed by atoms with Gasteiger partial charge in [-0.05, 0) is 110 Å². The van der Waals surface area contributed by atoms with E-state index in [9.17, 15) is 0 Å². The molecule has 5 heteroatoms. The van der Waals surface area contributed by atoms with Gasteiger partial charge in [-0.25, -0.2) is 9.67 Å². The molecule has 1 unspecified atom stereocenters. The summed E-state index contributed by atoms with van der Waals surface area (Å²) in [6, 6.07) is 26.1. The van der Waals surface area contributed by atoms with Crippen molar-refractivity contribution in [1.82, 2.24) is 19.3 Å². The first-order valence-corrected chi connectivity index (χ1v) is 19.1. The summed E-state index contributed by atoms with van der Waals surface area (Å²) in [4.78, 5) is 4.85. The standard InChI is InChI=1S/C46H54N4O/c1-10-13-34-18-19-47-44(23-34)49-41-15-12-11-14-39(41)40-17-16-37(27-42(40)49)51-38-25-35(29(4)5)24-36(26-38)50-43(20-28(2)3)46(33(9)48-50)45-31(7)21-30(6)22-32(45)8/h11-12,14-19,21,23-30,32,45H,10,13,20,22H2,1-9H3/t30-,32-,45?/m0/s1. The average Bonchev–Trinajstić information content (AvgIpc) is 3.58. The Hall–Kier alpha value is -4.64. The number of hydrogen-bond donors (Lipinski definition) is 0. The molecule has 3 atom stereocenters. The molecular weight excluding hydrogens is 625 g/mol. The molecule has 3 aromatic heterocycles. The van der Waals surface area contributed by atoms with Crippen molar-refractivity contribution in [2.24, 2.45) is 17.8 Å². The summed E-state index contributed by atoms with van der Waals surface area (Å²) < 4.78 is 11.3. The summed E-state index contributed by atoms with van der Waals surface area (Å²) in [7, 11) is 0. The summed E-state index contributed by atoms with van der Waals surface area (Å²) in [6.45, 7) is 20.7. The minimum Gasteiger partial charge on any atom is -0.457 e. The van der Waals surface area contributed by atoms with Gasteiger partial charge in [-0.2, -0.15) is 5.10 Å². The predicted molar refractivity (Wildman–Crippen MR) is 213 cm³/mol. The normalized spacial score (nSPS) is 17.9. The van der Waals surface area contributed by atoms with E-state index in [1.54, 1.807) is 0 Å². The number of fused-ring (bicyclic) bond motifs is 3. The number of rotatable bonds is 10. The van der Waals surface area contributed by atoms with Crippen molar-refractivity contribution in [3.63, 3.8) is 0 Å². The molecule has 0 saturated heterocycles. The quantitative estimate of drug-likeness (QED) is 0.135. The third-order valence-corrected chi connectivity index (χ3v) is 10.8. The van der Waals surface area contributed by atoms with Crippen molar-refractivity contribution in [2.75, 3.05) is 0 Å². The number of allylic oxidation sites excluding steroid dienone is 2. The van der Waals surface area contributed by atoms with Crippen molar-refractivity contribution in [3.8, 4) is 23.0 Å². The number of nitrogens with zero attached hydrogens (tertiary/aromatic N) is 4. The van der Waals surface area contributed by atoms with Gasteiger partial charge in [0.2, 0.25) is 0 Å². The van der Waals surface area contributed by atoms with E-state index in [-0.39, 0.29) is 0 Å². The van der Waals surface area contributed by atoms with Gasteiger partial charge >= 0.3 is 0 Å². The van der Waals surface area contributed by atoms with Gasteiger partial charge in [-0.1, -0.05) is 84.7 Å². The lowest BCUT2D eigenvalue weighted by atomic mass is 9.72. The molecule has 0 N–H and O–H groups in total. The molecule has 264 valence electrons. The van der Waals surface area contributed by atoms with E-state index in [1.165, 1.54) is 45.2 Å². The maximum atomic E-state index is 6.82. The first-order chi connectivity index (χ1) is 24.5. The van der Waals surface area contributed by atoms with Gasteiger partial charge in [0.1, 0.15) is 17.3 Å². The van der Waals surface area contributed by atoms with Crippen LogP contribution in [0.3, 0.4) is 0 Å². The molecule has 0 aliphatic heterocycles. The molecule has 3 heterocycles. The van der Waals surface area contributed by atoms with Crippen LogP contribution in [0, 0.1) is 24.7 Å². The molecular formula is C46H54N4O. The average molecular weight is 679 g/mol. The molecule has 0 fully saturated rings. The van der Waals surface area contributed by atoms with Crippen LogP contribution in [-0.2, 0) is 12.8 Å². The topological polar surface area (TPSA) is 44.9 Å². The van der Waals surface area contributed by atoms with Crippen LogP contribution < -0.4 is 4.74 Å². The van der Waals surface area contributed by atoms with Crippen LogP contribution in [0.15, 0.2) is 90.6 Å². The maximum absolute atomic E-state index is 6.82. The molecule has 0 spiro atoms. The lowest BCUT2D eigenvalue weighted by Gasteiger charge is -2.33. The highest BCUT2D eigenvalue weighted by Gasteiger charge is 2.33. The summed E-state index contributed by atoms with van der Waals surface area (Å²) in [5.41, 5.74) is 11.2. The summed E-state index contributed by atoms with van der Waals surface area (Å²) in [5.74, 6) is 4.96. The van der Waals surface area contributed by atoms with Crippen LogP contribution in [0.2, 0.25) is 0 Å². The second-order valence-corrected chi connectivity index (χ2v) is 15.9. The van der Waals surface area contributed by atoms with Crippen molar-refractivity contribution < 1.29 is 4.74 Å². The first kappa shape index (κ1) is 34.8. The molecule has 0 radical (unpaired) electrons. The molecule has 3 aromatic carbocycles. The molecule has 51 heavy (non-hydrogen) atoms. The number of aromatic nitrogens is 4. The van der Waals surface area contributed by atoms with E-state index in [1.807, 2.05) is 6.20 Å². The Balaban J connectivity index is 1.34. The van der Waals surface area contributed by atoms with Gasteiger partial charge in [0, 0.05) is 46.3 Å². The molecule has 1 aliphatic carbocycles. The highest BCUT2D eigenvalue weighted by atomic mass is 16.5. The largest absolute Gasteiger partial charge is 0.457 e. The van der Waals surface area contributed by atoms with E-state index in [2.05, 4.69) is 150 Å². The van der Waals surface area contributed by atoms with Gasteiger partial charge in [0.15, 0.2) is 0 Å². The molecule has 0 bridgehead atoms. The molecule has 6 aromatic rings. The highest BCUT2D eigenvalue weighted by molar-refractivity contribution is 6.09. The predicted octanol–water partition coefficient (Wildman–Crippen LogP) is 12.4. The number of aryl methyl sites for hydroxylation is 2. The van der Waals surface area contributed by atoms with Crippen molar-refractivity contribution in [3.05, 3.63) is 119 Å². The summed E-state index contributed by atoms with van der Waals surface area (Å²) >= 11 is 0. The van der Waals surface area contributed by atoms with Crippen LogP contribution in [0.25, 0.3) is 33.3 Å². The Labute approximate surface area is 304 Å². The van der Waals surface area contributed by atoms with Crippen LogP contribution in [0.1, 0.15) is 108 Å². The number of pyridine rings is 1. The van der Waals surface area contributed by atoms with E-state index in [0.717, 1.165) is 59.0 Å². The fourth-order valence-electron chi connectivity index (χ4n) is 8.64. The zero-order valence-electron chi connectivity index (χ0n) is 32.0. The third-order valence-electron chi connectivity index (χ3n) is 10.8. The van der Waals surface area contributed by atoms with Gasteiger partial charge < -0.3 is 4.74 Å². The SMILES string of the molecule is CCCc1ccnc(-n2c3ccccc3c3ccc(Oc4cc(C(C)C)cc(-n5nc(C)c(C6C(C)=C[C@H](C)C[C@@H]6C)c5CC(C)C)c4)cc32)c1. The van der Waals surface area contributed by atoms with Crippen LogP contribution >= 0.6 is 0 Å². The number of para-hydroxylation sites is 1. The Morgan fingerprint density at radius 2 is 1.65 bits per heavy atom. The van der Waals surface area contributed by atoms with E-state index in [4.69, 9.17) is 14.8 Å². The van der Waals surface area contributed by atoms with E-state index in [0.29, 0.717) is 29.6 Å². The smallest absolute Gasteiger partial charge is 0.137 e. The monoisotopic (exact) mass is 678 g/mol. The summed E-state index contributed by atoms with van der Waals surface area (Å²) in [6.07, 6.45) is 8.72. The number of hydrogen-bond acceptors (Lipinski definition) is 3. The zero-order chi connectivity index (χ0) is 36.0. The van der Waals surface area contributed by atoms with E-state index < -0.39 is 0 Å². The Kier molecular flexibility index (Phi) is 9.67. The molecule has 7 rings (SSSR count). The second kappa shape index (κ2) is 14.2. The van der Waals surface area contributed by atoms with Crippen molar-refractivity contribution in [1.29, 1.82) is 0 Å². The first-order valence-electron chi connectivity index (χ1n) is 19.1. The Morgan fingerprint density at radius 3 is 2.39 bits per heavy atom. The van der Waals surface area contributed by atoms with E-state index >= 15 is 0 Å². The number of benzene rings is 3. The van der Waals surface area contributed by atoms with Gasteiger partial charge in [0.05, 0.1) is 22.4 Å². The maximum Gasteiger partial charge on any atom is 0.137 e. The fraction of sp³-hybridized carbons (Fsp3) is 0.391. The molecule has 1 aliphatic rings. The lowest BCUT2D eigenvalue weighted by Crippen LogP contribution is -2.21. The molecule has 0 amide bonds. The third kappa shape index (κ3) is 6.76. The lowest BCUT2D eigenvalue weighted by molar-refractivity contribution is 0.388. The highest BCUT2D eigenvalue weighted by Crippen LogP contribution is 2.44. The summed E-state index contributed by atoms with van der Waals surface area (Å²) in [5, 5.41) is 7.69. The van der Waals surface area contributed by atoms with Gasteiger partial charge in [-0.15, -0.1) is 0 Å². The van der Waals surface area contributed by atoms with Gasteiger partial charge in [-0.3, -0.25) is 4.57 Å². The Morgan fingerprint density at radius 1 is 0.863 bits per heavy atom. The van der Waals surface area contributed by atoms with Gasteiger partial charge in [0.25, 0.3) is 0 Å². The Bertz CT molecular complexity index is 2230. The second-order valence-electron chi connectivity index (χ2n) is 15.9. The van der Waals surface area contributed by atoms with Crippen LogP contribution in [0.5, 0.6) is 11.5 Å². The van der Waals surface area contributed by atoms with Crippen molar-refractivity contribution >= 4 is 21.8 Å². The zero-order valence-corrected chi connectivity index (χ0v) is 32.0. The van der Waals surface area contributed by atoms with Crippen molar-refractivity contribution in [2.45, 2.75) is 99.8 Å². The minimum absolute atomic E-state index is 0.327. The molecule has 5 nitrogen and oxygen atoms in total. The minimum atomic E-state index is 0.327. The van der Waals surface area contributed by atoms with Crippen LogP contribution in [-0.4, -0.2) is 19.3 Å².